The number of nitrogens with two attached hydrogens (primary N) is 1. The van der Waals surface area contributed by atoms with Crippen molar-refractivity contribution in [2.75, 3.05) is 40.3 Å². The Kier molecular flexibility index (Phi) is 4.84. The Balaban J connectivity index is 2.06. The van der Waals surface area contributed by atoms with Crippen molar-refractivity contribution in [3.05, 3.63) is 29.8 Å². The van der Waals surface area contributed by atoms with Crippen molar-refractivity contribution in [1.82, 2.24) is 9.80 Å². The van der Waals surface area contributed by atoms with E-state index in [0.29, 0.717) is 12.6 Å². The van der Waals surface area contributed by atoms with Crippen LogP contribution in [0, 0.1) is 0 Å². The van der Waals surface area contributed by atoms with E-state index in [1.54, 1.807) is 0 Å². The number of likely N-dealkylation sites (N-methyl/N-ethyl adjacent to an activating group) is 1. The fourth-order valence-corrected chi connectivity index (χ4v) is 2.35. The largest absolute Gasteiger partial charge is 0.494 e. The molecule has 0 aliphatic carbocycles. The van der Waals surface area contributed by atoms with E-state index >= 15 is 0 Å². The van der Waals surface area contributed by atoms with Crippen LogP contribution in [0.4, 0.5) is 0 Å². The van der Waals surface area contributed by atoms with E-state index in [2.05, 4.69) is 41.0 Å². The number of hydrogen-bond donors (Lipinski definition) is 1. The maximum absolute atomic E-state index is 6.00. The van der Waals surface area contributed by atoms with Gasteiger partial charge < -0.3 is 20.3 Å². The summed E-state index contributed by atoms with van der Waals surface area (Å²) in [5.74, 6) is 1.55. The lowest BCUT2D eigenvalue weighted by molar-refractivity contribution is 0.293. The van der Waals surface area contributed by atoms with E-state index in [9.17, 15) is 0 Å². The molecule has 0 bridgehead atoms. The van der Waals surface area contributed by atoms with E-state index in [1.807, 2.05) is 19.1 Å². The number of hydrogen-bond acceptors (Lipinski definition) is 5. The lowest BCUT2D eigenvalue weighted by Crippen LogP contribution is -2.40. The average Bonchev–Trinajstić information content (AvgIpc) is 2.79. The molecule has 2 rings (SSSR count). The monoisotopic (exact) mass is 276 g/mol. The summed E-state index contributed by atoms with van der Waals surface area (Å²) in [6, 6.07) is 8.47. The van der Waals surface area contributed by atoms with Gasteiger partial charge in [-0.25, -0.2) is 0 Å². The molecule has 1 aliphatic heterocycles. The molecule has 2 N–H and O–H groups in total. The van der Waals surface area contributed by atoms with Crippen LogP contribution in [0.15, 0.2) is 29.3 Å². The van der Waals surface area contributed by atoms with Gasteiger partial charge in [0.25, 0.3) is 0 Å². The Bertz CT molecular complexity index is 455. The predicted octanol–water partition coefficient (Wildman–Crippen LogP) is 1.32. The van der Waals surface area contributed by atoms with Gasteiger partial charge in [-0.2, -0.15) is 0 Å². The van der Waals surface area contributed by atoms with Crippen molar-refractivity contribution in [1.29, 1.82) is 0 Å². The highest BCUT2D eigenvalue weighted by Crippen LogP contribution is 2.26. The van der Waals surface area contributed by atoms with Crippen molar-refractivity contribution in [3.8, 4) is 5.75 Å². The first-order valence-corrected chi connectivity index (χ1v) is 7.06. The van der Waals surface area contributed by atoms with Gasteiger partial charge in [-0.3, -0.25) is 4.99 Å². The zero-order chi connectivity index (χ0) is 14.5. The standard InChI is InChI=1S/C15H24N4O/c1-4-20-13-7-5-12(6-8-13)14-11-17-15(16)19(14)10-9-18(2)3/h5-8,14H,4,9-11H2,1-3H3,(H2,16,17). The first kappa shape index (κ1) is 14.7. The zero-order valence-electron chi connectivity index (χ0n) is 12.5. The predicted molar refractivity (Wildman–Crippen MR) is 82.1 cm³/mol. The van der Waals surface area contributed by atoms with Crippen LogP contribution in [0.5, 0.6) is 5.75 Å². The molecule has 1 atom stereocenters. The number of nitrogens with zero attached hydrogens (tertiary/aromatic N) is 3. The second-order valence-corrected chi connectivity index (χ2v) is 5.21. The first-order chi connectivity index (χ1) is 9.61. The number of guanidine groups is 1. The maximum atomic E-state index is 6.00. The van der Waals surface area contributed by atoms with Crippen LogP contribution in [-0.2, 0) is 0 Å². The quantitative estimate of drug-likeness (QED) is 0.851. The van der Waals surface area contributed by atoms with E-state index in [0.717, 1.165) is 25.4 Å². The summed E-state index contributed by atoms with van der Waals surface area (Å²) in [4.78, 5) is 8.71. The van der Waals surface area contributed by atoms with Gasteiger partial charge in [0.15, 0.2) is 5.96 Å². The van der Waals surface area contributed by atoms with E-state index in [4.69, 9.17) is 10.5 Å². The third kappa shape index (κ3) is 3.42. The average molecular weight is 276 g/mol. The molecule has 0 saturated heterocycles. The molecule has 5 heteroatoms. The van der Waals surface area contributed by atoms with Crippen molar-refractivity contribution < 1.29 is 4.74 Å². The second kappa shape index (κ2) is 6.61. The molecular weight excluding hydrogens is 252 g/mol. The van der Waals surface area contributed by atoms with E-state index < -0.39 is 0 Å². The molecule has 20 heavy (non-hydrogen) atoms. The minimum atomic E-state index is 0.241. The van der Waals surface area contributed by atoms with Gasteiger partial charge in [-0.1, -0.05) is 12.1 Å². The van der Waals surface area contributed by atoms with Crippen LogP contribution in [0.3, 0.4) is 0 Å². The molecule has 0 spiro atoms. The van der Waals surface area contributed by atoms with Crippen molar-refractivity contribution >= 4 is 5.96 Å². The van der Waals surface area contributed by atoms with Crippen LogP contribution >= 0.6 is 0 Å². The van der Waals surface area contributed by atoms with Crippen LogP contribution < -0.4 is 10.5 Å². The molecule has 1 aliphatic rings. The Labute approximate surface area is 121 Å². The minimum Gasteiger partial charge on any atom is -0.494 e. The third-order valence-electron chi connectivity index (χ3n) is 3.46. The molecule has 110 valence electrons. The highest BCUT2D eigenvalue weighted by Gasteiger charge is 2.27. The van der Waals surface area contributed by atoms with Crippen molar-refractivity contribution in [2.45, 2.75) is 13.0 Å². The maximum Gasteiger partial charge on any atom is 0.191 e. The Morgan fingerprint density at radius 3 is 2.65 bits per heavy atom. The molecule has 0 aromatic heterocycles. The lowest BCUT2D eigenvalue weighted by Gasteiger charge is -2.28. The SMILES string of the molecule is CCOc1ccc(C2CN=C(N)N2CCN(C)C)cc1. The molecule has 0 radical (unpaired) electrons. The van der Waals surface area contributed by atoms with Gasteiger partial charge in [0, 0.05) is 13.1 Å². The summed E-state index contributed by atoms with van der Waals surface area (Å²) in [5.41, 5.74) is 7.24. The Hall–Kier alpha value is -1.75. The van der Waals surface area contributed by atoms with Gasteiger partial charge in [0.05, 0.1) is 19.2 Å². The minimum absolute atomic E-state index is 0.241. The highest BCUT2D eigenvalue weighted by atomic mass is 16.5. The van der Waals surface area contributed by atoms with Crippen molar-refractivity contribution in [2.24, 2.45) is 10.7 Å². The van der Waals surface area contributed by atoms with Gasteiger partial charge in [-0.05, 0) is 38.7 Å². The molecule has 0 amide bonds. The molecule has 5 nitrogen and oxygen atoms in total. The third-order valence-corrected chi connectivity index (χ3v) is 3.46. The van der Waals surface area contributed by atoms with Crippen molar-refractivity contribution in [3.63, 3.8) is 0 Å². The first-order valence-electron chi connectivity index (χ1n) is 7.06. The number of aliphatic imine (C=N–C) groups is 1. The van der Waals surface area contributed by atoms with Gasteiger partial charge in [-0.15, -0.1) is 0 Å². The van der Waals surface area contributed by atoms with Gasteiger partial charge in [0.1, 0.15) is 5.75 Å². The van der Waals surface area contributed by atoms with Gasteiger partial charge >= 0.3 is 0 Å². The number of ether oxygens (including phenoxy) is 1. The highest BCUT2D eigenvalue weighted by molar-refractivity contribution is 5.80. The molecule has 1 aromatic carbocycles. The molecular formula is C15H24N4O. The van der Waals surface area contributed by atoms with Crippen LogP contribution in [0.2, 0.25) is 0 Å². The van der Waals surface area contributed by atoms with Gasteiger partial charge in [0.2, 0.25) is 0 Å². The summed E-state index contributed by atoms with van der Waals surface area (Å²) >= 11 is 0. The fraction of sp³-hybridized carbons (Fsp3) is 0.533. The topological polar surface area (TPSA) is 54.1 Å². The Morgan fingerprint density at radius 2 is 2.05 bits per heavy atom. The zero-order valence-corrected chi connectivity index (χ0v) is 12.5. The molecule has 1 aromatic rings. The molecule has 0 fully saturated rings. The summed E-state index contributed by atoms with van der Waals surface area (Å²) in [6.07, 6.45) is 0. The number of benzene rings is 1. The second-order valence-electron chi connectivity index (χ2n) is 5.21. The normalized spacial score (nSPS) is 18.5. The molecule has 1 unspecified atom stereocenters. The van der Waals surface area contributed by atoms with Crippen LogP contribution in [-0.4, -0.2) is 56.1 Å². The summed E-state index contributed by atoms with van der Waals surface area (Å²) in [6.45, 7) is 5.26. The van der Waals surface area contributed by atoms with Crippen LogP contribution in [0.25, 0.3) is 0 Å². The summed E-state index contributed by atoms with van der Waals surface area (Å²) in [5, 5.41) is 0. The molecule has 0 saturated carbocycles. The fourth-order valence-electron chi connectivity index (χ4n) is 2.35. The Morgan fingerprint density at radius 1 is 1.35 bits per heavy atom. The van der Waals surface area contributed by atoms with E-state index in [-0.39, 0.29) is 6.04 Å². The van der Waals surface area contributed by atoms with E-state index in [1.165, 1.54) is 5.56 Å². The molecule has 1 heterocycles. The smallest absolute Gasteiger partial charge is 0.191 e. The summed E-state index contributed by atoms with van der Waals surface area (Å²) < 4.78 is 5.48. The van der Waals surface area contributed by atoms with Crippen LogP contribution in [0.1, 0.15) is 18.5 Å². The lowest BCUT2D eigenvalue weighted by atomic mass is 10.1. The summed E-state index contributed by atoms with van der Waals surface area (Å²) in [7, 11) is 4.13. The number of rotatable bonds is 6.